The number of rotatable bonds is 7. The first-order valence-electron chi connectivity index (χ1n) is 12.5. The molecule has 5 nitrogen and oxygen atoms in total. The number of aromatic nitrogens is 4. The molecule has 36 heavy (non-hydrogen) atoms. The quantitative estimate of drug-likeness (QED) is 0.214. The normalized spacial score (nSPS) is 11.8. The molecule has 4 rings (SSSR count). The average Bonchev–Trinajstić information content (AvgIpc) is 3.25. The third kappa shape index (κ3) is 4.91. The molecular weight excluding hydrogens is 465 g/mol. The van der Waals surface area contributed by atoms with Crippen molar-refractivity contribution >= 4 is 30.7 Å². The van der Waals surface area contributed by atoms with E-state index in [9.17, 15) is 0 Å². The molecule has 0 spiro atoms. The highest BCUT2D eigenvalue weighted by Gasteiger charge is 2.41. The maximum Gasteiger partial charge on any atom is 0.165 e. The number of hydrogen-bond acceptors (Lipinski definition) is 4. The fourth-order valence-electron chi connectivity index (χ4n) is 5.35. The Morgan fingerprint density at radius 1 is 0.889 bits per heavy atom. The lowest BCUT2D eigenvalue weighted by Crippen LogP contribution is -2.43. The number of para-hydroxylation sites is 1. The van der Waals surface area contributed by atoms with Gasteiger partial charge in [0.25, 0.3) is 0 Å². The smallest absolute Gasteiger partial charge is 0.165 e. The van der Waals surface area contributed by atoms with Gasteiger partial charge in [0.1, 0.15) is 20.2 Å². The number of nitrogens with zero attached hydrogens (tertiary/aromatic N) is 4. The minimum absolute atomic E-state index is 0.321. The van der Waals surface area contributed by atoms with Crippen LogP contribution in [0.4, 0.5) is 15.9 Å². The summed E-state index contributed by atoms with van der Waals surface area (Å²) < 4.78 is 17.1. The standard InChI is InChI=1S/C29H34FN5Si/c1-20(2)36(21(3)4,22(5)6)16-15-24-13-10-14-25(30)26(24)34-28-27-29(32-18-31-28)35(19-33-27)17-23-11-8-7-9-12-23/h7-14,18-22H,17H2,1-6H3,(H,31,32,34). The van der Waals surface area contributed by atoms with Crippen LogP contribution in [-0.4, -0.2) is 27.6 Å². The van der Waals surface area contributed by atoms with Crippen LogP contribution in [0.15, 0.2) is 61.2 Å². The van der Waals surface area contributed by atoms with Gasteiger partial charge in [-0.15, -0.1) is 5.54 Å². The van der Waals surface area contributed by atoms with E-state index in [1.165, 1.54) is 12.4 Å². The number of fused-ring (bicyclic) bond motifs is 1. The fourth-order valence-corrected chi connectivity index (χ4v) is 10.6. The van der Waals surface area contributed by atoms with Crippen LogP contribution in [-0.2, 0) is 6.54 Å². The van der Waals surface area contributed by atoms with E-state index in [4.69, 9.17) is 0 Å². The van der Waals surface area contributed by atoms with Crippen molar-refractivity contribution in [2.24, 2.45) is 0 Å². The van der Waals surface area contributed by atoms with Crippen molar-refractivity contribution < 1.29 is 4.39 Å². The van der Waals surface area contributed by atoms with Gasteiger partial charge < -0.3 is 9.88 Å². The minimum Gasteiger partial charge on any atom is -0.335 e. The highest BCUT2D eigenvalue weighted by molar-refractivity contribution is 6.90. The van der Waals surface area contributed by atoms with Gasteiger partial charge in [-0.1, -0.05) is 83.9 Å². The molecule has 186 valence electrons. The van der Waals surface area contributed by atoms with Gasteiger partial charge in [-0.3, -0.25) is 0 Å². The summed E-state index contributed by atoms with van der Waals surface area (Å²) in [5, 5.41) is 3.20. The summed E-state index contributed by atoms with van der Waals surface area (Å²) >= 11 is 0. The largest absolute Gasteiger partial charge is 0.335 e. The molecule has 0 radical (unpaired) electrons. The van der Waals surface area contributed by atoms with E-state index >= 15 is 4.39 Å². The molecule has 0 fully saturated rings. The molecule has 7 heteroatoms. The lowest BCUT2D eigenvalue weighted by molar-refractivity contribution is 0.631. The Kier molecular flexibility index (Phi) is 7.55. The zero-order valence-electron chi connectivity index (χ0n) is 21.9. The van der Waals surface area contributed by atoms with Crippen molar-refractivity contribution in [3.63, 3.8) is 0 Å². The molecule has 0 aliphatic heterocycles. The second kappa shape index (κ2) is 10.6. The predicted molar refractivity (Wildman–Crippen MR) is 148 cm³/mol. The van der Waals surface area contributed by atoms with Gasteiger partial charge in [-0.2, -0.15) is 0 Å². The second-order valence-electron chi connectivity index (χ2n) is 10.2. The van der Waals surface area contributed by atoms with E-state index in [0.29, 0.717) is 51.4 Å². The molecule has 0 amide bonds. The summed E-state index contributed by atoms with van der Waals surface area (Å²) in [4.78, 5) is 13.4. The molecule has 4 aromatic rings. The molecule has 0 bridgehead atoms. The third-order valence-electron chi connectivity index (χ3n) is 7.13. The summed E-state index contributed by atoms with van der Waals surface area (Å²) in [7, 11) is -1.97. The van der Waals surface area contributed by atoms with E-state index in [1.54, 1.807) is 12.4 Å². The van der Waals surface area contributed by atoms with Crippen LogP contribution in [0.25, 0.3) is 11.2 Å². The Bertz CT molecular complexity index is 1380. The molecule has 2 heterocycles. The SMILES string of the molecule is CC(C)[Si](C#Cc1cccc(F)c1Nc1ncnc2c1ncn2Cc1ccccc1)(C(C)C)C(C)C. The van der Waals surface area contributed by atoms with Gasteiger partial charge in [0.2, 0.25) is 0 Å². The van der Waals surface area contributed by atoms with Crippen molar-refractivity contribution in [3.05, 3.63) is 78.1 Å². The number of anilines is 2. The highest BCUT2D eigenvalue weighted by Crippen LogP contribution is 2.41. The number of benzene rings is 2. The molecular formula is C29H34FN5Si. The van der Waals surface area contributed by atoms with Crippen LogP contribution >= 0.6 is 0 Å². The van der Waals surface area contributed by atoms with Crippen LogP contribution in [0.5, 0.6) is 0 Å². The van der Waals surface area contributed by atoms with Crippen LogP contribution in [0.1, 0.15) is 52.7 Å². The summed E-state index contributed by atoms with van der Waals surface area (Å²) in [6.45, 7) is 14.3. The molecule has 0 aliphatic rings. The minimum atomic E-state index is -1.97. The lowest BCUT2D eigenvalue weighted by atomic mass is 10.1. The summed E-state index contributed by atoms with van der Waals surface area (Å²) in [5.41, 5.74) is 8.54. The van der Waals surface area contributed by atoms with Crippen LogP contribution in [0.3, 0.4) is 0 Å². The monoisotopic (exact) mass is 499 g/mol. The molecule has 0 aliphatic carbocycles. The summed E-state index contributed by atoms with van der Waals surface area (Å²) in [5.74, 6) is 3.47. The topological polar surface area (TPSA) is 55.6 Å². The molecule has 2 aromatic heterocycles. The number of hydrogen-bond donors (Lipinski definition) is 1. The first kappa shape index (κ1) is 25.6. The highest BCUT2D eigenvalue weighted by atomic mass is 28.3. The zero-order chi connectivity index (χ0) is 25.9. The van der Waals surface area contributed by atoms with Gasteiger partial charge >= 0.3 is 0 Å². The van der Waals surface area contributed by atoms with Crippen molar-refractivity contribution in [3.8, 4) is 11.5 Å². The van der Waals surface area contributed by atoms with Crippen molar-refractivity contribution in [2.75, 3.05) is 5.32 Å². The summed E-state index contributed by atoms with van der Waals surface area (Å²) in [6, 6.07) is 15.1. The first-order chi connectivity index (χ1) is 17.2. The Morgan fingerprint density at radius 3 is 2.25 bits per heavy atom. The molecule has 0 unspecified atom stereocenters. The van der Waals surface area contributed by atoms with Gasteiger partial charge in [-0.05, 0) is 34.3 Å². The van der Waals surface area contributed by atoms with E-state index < -0.39 is 8.07 Å². The molecule has 0 saturated heterocycles. The van der Waals surface area contributed by atoms with Crippen molar-refractivity contribution in [1.29, 1.82) is 0 Å². The Hall–Kier alpha value is -3.50. The third-order valence-corrected chi connectivity index (χ3v) is 13.4. The number of nitrogens with one attached hydrogen (secondary N) is 1. The maximum absolute atomic E-state index is 15.1. The van der Waals surface area contributed by atoms with Crippen molar-refractivity contribution in [2.45, 2.75) is 64.7 Å². The lowest BCUT2D eigenvalue weighted by Gasteiger charge is -2.38. The molecule has 0 atom stereocenters. The maximum atomic E-state index is 15.1. The average molecular weight is 500 g/mol. The van der Waals surface area contributed by atoms with Gasteiger partial charge in [-0.25, -0.2) is 19.3 Å². The first-order valence-corrected chi connectivity index (χ1v) is 14.8. The van der Waals surface area contributed by atoms with Crippen LogP contribution in [0, 0.1) is 17.3 Å². The van der Waals surface area contributed by atoms with E-state index in [0.717, 1.165) is 5.56 Å². The van der Waals surface area contributed by atoms with Gasteiger partial charge in [0.15, 0.2) is 17.0 Å². The second-order valence-corrected chi connectivity index (χ2v) is 15.8. The van der Waals surface area contributed by atoms with E-state index in [2.05, 4.69) is 85.4 Å². The Balaban J connectivity index is 1.73. The van der Waals surface area contributed by atoms with Crippen LogP contribution in [0.2, 0.25) is 16.6 Å². The van der Waals surface area contributed by atoms with Crippen molar-refractivity contribution in [1.82, 2.24) is 19.5 Å². The Labute approximate surface area is 214 Å². The predicted octanol–water partition coefficient (Wildman–Crippen LogP) is 7.33. The Morgan fingerprint density at radius 2 is 1.58 bits per heavy atom. The van der Waals surface area contributed by atoms with Gasteiger partial charge in [0, 0.05) is 0 Å². The summed E-state index contributed by atoms with van der Waals surface area (Å²) in [6.07, 6.45) is 3.22. The fraction of sp³-hybridized carbons (Fsp3) is 0.345. The zero-order valence-corrected chi connectivity index (χ0v) is 22.9. The van der Waals surface area contributed by atoms with E-state index in [-0.39, 0.29) is 5.82 Å². The number of halogens is 1. The molecule has 1 N–H and O–H groups in total. The molecule has 2 aromatic carbocycles. The van der Waals surface area contributed by atoms with E-state index in [1.807, 2.05) is 28.8 Å². The molecule has 0 saturated carbocycles. The van der Waals surface area contributed by atoms with Gasteiger partial charge in [0.05, 0.1) is 24.1 Å². The van der Waals surface area contributed by atoms with Crippen LogP contribution < -0.4 is 5.32 Å². The number of imidazole rings is 1.